The van der Waals surface area contributed by atoms with Gasteiger partial charge in [0.2, 0.25) is 0 Å². The molecule has 0 aromatic heterocycles. The lowest BCUT2D eigenvalue weighted by atomic mass is 10.3. The van der Waals surface area contributed by atoms with Gasteiger partial charge >= 0.3 is 6.09 Å². The quantitative estimate of drug-likeness (QED) is 0.873. The Labute approximate surface area is 114 Å². The normalized spacial score (nSPS) is 9.89. The van der Waals surface area contributed by atoms with Gasteiger partial charge in [-0.25, -0.2) is 4.79 Å². The van der Waals surface area contributed by atoms with Crippen molar-refractivity contribution < 1.29 is 9.53 Å². The highest BCUT2D eigenvalue weighted by atomic mass is 35.5. The molecule has 0 aliphatic heterocycles. The Morgan fingerprint density at radius 2 is 1.72 bits per heavy atom. The number of para-hydroxylation sites is 1. The highest BCUT2D eigenvalue weighted by molar-refractivity contribution is 6.43. The van der Waals surface area contributed by atoms with Crippen LogP contribution in [-0.4, -0.2) is 6.09 Å². The molecule has 5 heteroatoms. The van der Waals surface area contributed by atoms with Crippen LogP contribution in [0.2, 0.25) is 10.0 Å². The Balaban J connectivity index is 2.06. The summed E-state index contributed by atoms with van der Waals surface area (Å²) < 4.78 is 5.06. The zero-order valence-electron chi connectivity index (χ0n) is 9.19. The molecule has 0 saturated carbocycles. The molecule has 0 heterocycles. The third-order valence-corrected chi connectivity index (χ3v) is 2.96. The van der Waals surface area contributed by atoms with Gasteiger partial charge in [0.1, 0.15) is 5.75 Å². The second-order valence-corrected chi connectivity index (χ2v) is 4.21. The maximum Gasteiger partial charge on any atom is 0.417 e. The molecular weight excluding hydrogens is 273 g/mol. The molecule has 2 aromatic rings. The molecule has 0 spiro atoms. The van der Waals surface area contributed by atoms with Crippen LogP contribution < -0.4 is 10.1 Å². The number of ether oxygens (including phenoxy) is 1. The van der Waals surface area contributed by atoms with Gasteiger partial charge in [0.25, 0.3) is 0 Å². The van der Waals surface area contributed by atoms with Gasteiger partial charge in [0.05, 0.1) is 15.7 Å². The second kappa shape index (κ2) is 5.76. The van der Waals surface area contributed by atoms with E-state index in [9.17, 15) is 4.79 Å². The van der Waals surface area contributed by atoms with E-state index in [-0.39, 0.29) is 5.02 Å². The molecule has 3 nitrogen and oxygen atoms in total. The largest absolute Gasteiger partial charge is 0.417 e. The van der Waals surface area contributed by atoms with Crippen LogP contribution >= 0.6 is 23.2 Å². The van der Waals surface area contributed by atoms with E-state index in [1.165, 1.54) is 0 Å². The maximum atomic E-state index is 11.6. The van der Waals surface area contributed by atoms with E-state index >= 15 is 0 Å². The van der Waals surface area contributed by atoms with Crippen LogP contribution in [0.4, 0.5) is 10.5 Å². The van der Waals surface area contributed by atoms with Gasteiger partial charge in [0, 0.05) is 0 Å². The lowest BCUT2D eigenvalue weighted by molar-refractivity contribution is 0.215. The summed E-state index contributed by atoms with van der Waals surface area (Å²) in [5, 5.41) is 3.17. The SMILES string of the molecule is O=C(Nc1cccc(Cl)c1Cl)Oc1ccccc1. The number of carbonyl (C=O) groups is 1. The van der Waals surface area contributed by atoms with Gasteiger partial charge in [-0.05, 0) is 24.3 Å². The Kier molecular flexibility index (Phi) is 4.07. The molecular formula is C13H9Cl2NO2. The van der Waals surface area contributed by atoms with Crippen molar-refractivity contribution in [3.05, 3.63) is 58.6 Å². The van der Waals surface area contributed by atoms with Crippen LogP contribution in [-0.2, 0) is 0 Å². The summed E-state index contributed by atoms with van der Waals surface area (Å²) in [5.41, 5.74) is 0.407. The number of benzene rings is 2. The monoisotopic (exact) mass is 281 g/mol. The fourth-order valence-corrected chi connectivity index (χ4v) is 1.68. The van der Waals surface area contributed by atoms with Crippen LogP contribution in [0.3, 0.4) is 0 Å². The van der Waals surface area contributed by atoms with Crippen molar-refractivity contribution in [2.24, 2.45) is 0 Å². The smallest absolute Gasteiger partial charge is 0.410 e. The summed E-state index contributed by atoms with van der Waals surface area (Å²) in [6, 6.07) is 13.7. The van der Waals surface area contributed by atoms with Crippen LogP contribution in [0.15, 0.2) is 48.5 Å². The van der Waals surface area contributed by atoms with Crippen LogP contribution in [0.25, 0.3) is 0 Å². The predicted molar refractivity (Wildman–Crippen MR) is 72.6 cm³/mol. The van der Waals surface area contributed by atoms with Crippen LogP contribution in [0.5, 0.6) is 5.75 Å². The zero-order valence-corrected chi connectivity index (χ0v) is 10.7. The van der Waals surface area contributed by atoms with Crippen molar-refractivity contribution in [3.63, 3.8) is 0 Å². The molecule has 18 heavy (non-hydrogen) atoms. The summed E-state index contributed by atoms with van der Waals surface area (Å²) in [6.45, 7) is 0. The molecule has 92 valence electrons. The van der Waals surface area contributed by atoms with Gasteiger partial charge < -0.3 is 4.74 Å². The Bertz CT molecular complexity index is 558. The van der Waals surface area contributed by atoms with Crippen LogP contribution in [0.1, 0.15) is 0 Å². The van der Waals surface area contributed by atoms with E-state index < -0.39 is 6.09 Å². The van der Waals surface area contributed by atoms with Gasteiger partial charge in [-0.1, -0.05) is 47.5 Å². The molecule has 0 unspecified atom stereocenters. The van der Waals surface area contributed by atoms with E-state index in [2.05, 4.69) is 5.32 Å². The number of halogens is 2. The number of hydrogen-bond acceptors (Lipinski definition) is 2. The number of hydrogen-bond donors (Lipinski definition) is 1. The average molecular weight is 282 g/mol. The lowest BCUT2D eigenvalue weighted by Crippen LogP contribution is -2.16. The zero-order chi connectivity index (χ0) is 13.0. The van der Waals surface area contributed by atoms with Crippen molar-refractivity contribution in [2.75, 3.05) is 5.32 Å². The topological polar surface area (TPSA) is 38.3 Å². The van der Waals surface area contributed by atoms with Crippen LogP contribution in [0, 0.1) is 0 Å². The number of rotatable bonds is 2. The number of amides is 1. The van der Waals surface area contributed by atoms with Gasteiger partial charge in [0.15, 0.2) is 0 Å². The summed E-state index contributed by atoms with van der Waals surface area (Å²) >= 11 is 11.8. The standard InChI is InChI=1S/C13H9Cl2NO2/c14-10-7-4-8-11(12(10)15)16-13(17)18-9-5-2-1-3-6-9/h1-8H,(H,16,17). The Hall–Kier alpha value is -1.71. The third-order valence-electron chi connectivity index (χ3n) is 2.14. The summed E-state index contributed by atoms with van der Waals surface area (Å²) in [5.74, 6) is 0.452. The molecule has 2 rings (SSSR count). The number of carbonyl (C=O) groups excluding carboxylic acids is 1. The molecule has 1 amide bonds. The molecule has 0 aliphatic rings. The first-order chi connectivity index (χ1) is 8.66. The summed E-state index contributed by atoms with van der Waals surface area (Å²) in [6.07, 6.45) is -0.620. The molecule has 0 bridgehead atoms. The lowest BCUT2D eigenvalue weighted by Gasteiger charge is -2.08. The number of anilines is 1. The maximum absolute atomic E-state index is 11.6. The first kappa shape index (κ1) is 12.7. The summed E-state index contributed by atoms with van der Waals surface area (Å²) in [4.78, 5) is 11.6. The molecule has 0 aliphatic carbocycles. The minimum atomic E-state index is -0.620. The van der Waals surface area contributed by atoms with Gasteiger partial charge in [-0.2, -0.15) is 0 Å². The predicted octanol–water partition coefficient (Wildman–Crippen LogP) is 4.60. The summed E-state index contributed by atoms with van der Waals surface area (Å²) in [7, 11) is 0. The van der Waals surface area contributed by atoms with E-state index in [4.69, 9.17) is 27.9 Å². The van der Waals surface area contributed by atoms with E-state index in [1.807, 2.05) is 6.07 Å². The van der Waals surface area contributed by atoms with E-state index in [0.717, 1.165) is 0 Å². The van der Waals surface area contributed by atoms with Crippen molar-refractivity contribution >= 4 is 35.0 Å². The Morgan fingerprint density at radius 3 is 2.44 bits per heavy atom. The van der Waals surface area contributed by atoms with Gasteiger partial charge in [-0.15, -0.1) is 0 Å². The average Bonchev–Trinajstić information content (AvgIpc) is 2.36. The van der Waals surface area contributed by atoms with Crippen molar-refractivity contribution in [1.29, 1.82) is 0 Å². The molecule has 1 N–H and O–H groups in total. The molecule has 0 saturated heterocycles. The molecule has 0 atom stereocenters. The molecule has 0 radical (unpaired) electrons. The van der Waals surface area contributed by atoms with Crippen molar-refractivity contribution in [3.8, 4) is 5.75 Å². The first-order valence-electron chi connectivity index (χ1n) is 5.15. The third kappa shape index (κ3) is 3.15. The fraction of sp³-hybridized carbons (Fsp3) is 0. The first-order valence-corrected chi connectivity index (χ1v) is 5.90. The van der Waals surface area contributed by atoms with Crippen molar-refractivity contribution in [1.82, 2.24) is 0 Å². The minimum absolute atomic E-state index is 0.282. The highest BCUT2D eigenvalue weighted by Crippen LogP contribution is 2.29. The number of nitrogens with one attached hydrogen (secondary N) is 1. The Morgan fingerprint density at radius 1 is 1.00 bits per heavy atom. The minimum Gasteiger partial charge on any atom is -0.410 e. The van der Waals surface area contributed by atoms with Gasteiger partial charge in [-0.3, -0.25) is 5.32 Å². The van der Waals surface area contributed by atoms with E-state index in [1.54, 1.807) is 42.5 Å². The highest BCUT2D eigenvalue weighted by Gasteiger charge is 2.09. The van der Waals surface area contributed by atoms with E-state index in [0.29, 0.717) is 16.5 Å². The second-order valence-electron chi connectivity index (χ2n) is 3.43. The fourth-order valence-electron chi connectivity index (χ4n) is 1.33. The molecule has 0 fully saturated rings. The molecule has 2 aromatic carbocycles. The van der Waals surface area contributed by atoms with Crippen molar-refractivity contribution in [2.45, 2.75) is 0 Å².